The summed E-state index contributed by atoms with van der Waals surface area (Å²) in [6.07, 6.45) is 0. The lowest BCUT2D eigenvalue weighted by Crippen LogP contribution is -2.25. The van der Waals surface area contributed by atoms with E-state index in [9.17, 15) is 12.8 Å². The highest BCUT2D eigenvalue weighted by Crippen LogP contribution is 2.25. The molecule has 0 saturated carbocycles. The van der Waals surface area contributed by atoms with Crippen LogP contribution in [0.3, 0.4) is 0 Å². The molecule has 0 saturated heterocycles. The van der Waals surface area contributed by atoms with E-state index in [0.717, 1.165) is 6.07 Å². The molecule has 4 nitrogen and oxygen atoms in total. The Morgan fingerprint density at radius 1 is 1.53 bits per heavy atom. The largest absolute Gasteiger partial charge is 0.399 e. The Hall–Kier alpha value is -1.10. The summed E-state index contributed by atoms with van der Waals surface area (Å²) in [5.74, 6) is 4.16. The first-order chi connectivity index (χ1) is 7.88. The smallest absolute Gasteiger partial charge is 0.244 e. The van der Waals surface area contributed by atoms with Crippen LogP contribution in [-0.4, -0.2) is 15.0 Å². The highest BCUT2D eigenvalue weighted by molar-refractivity contribution is 9.10. The summed E-state index contributed by atoms with van der Waals surface area (Å²) in [5, 5.41) is 0. The van der Waals surface area contributed by atoms with Gasteiger partial charge in [-0.3, -0.25) is 0 Å². The minimum absolute atomic E-state index is 0.000509. The molecule has 17 heavy (non-hydrogen) atoms. The van der Waals surface area contributed by atoms with Crippen molar-refractivity contribution in [2.75, 3.05) is 12.3 Å². The number of nitrogens with two attached hydrogens (primary N) is 1. The third-order valence-corrected chi connectivity index (χ3v) is 3.81. The molecule has 0 aliphatic rings. The number of nitrogens with one attached hydrogen (secondary N) is 1. The molecule has 0 radical (unpaired) electrons. The van der Waals surface area contributed by atoms with Gasteiger partial charge in [0.2, 0.25) is 10.0 Å². The lowest BCUT2D eigenvalue weighted by Gasteiger charge is -2.07. The van der Waals surface area contributed by atoms with Gasteiger partial charge in [-0.15, -0.1) is 5.92 Å². The van der Waals surface area contributed by atoms with Crippen LogP contribution in [0.2, 0.25) is 0 Å². The molecule has 92 valence electrons. The predicted molar refractivity (Wildman–Crippen MR) is 67.2 cm³/mol. The molecular formula is C10H10BrFN2O2S. The van der Waals surface area contributed by atoms with E-state index in [1.54, 1.807) is 6.92 Å². The molecule has 0 fully saturated rings. The maximum absolute atomic E-state index is 13.6. The number of halogens is 2. The van der Waals surface area contributed by atoms with E-state index in [1.807, 2.05) is 0 Å². The Kier molecular flexibility index (Phi) is 4.51. The maximum atomic E-state index is 13.6. The van der Waals surface area contributed by atoms with E-state index >= 15 is 0 Å². The lowest BCUT2D eigenvalue weighted by molar-refractivity contribution is 0.557. The SMILES string of the molecule is CC#CCNS(=O)(=O)c1cc(N)cc(Br)c1F. The number of hydrogen-bond donors (Lipinski definition) is 2. The van der Waals surface area contributed by atoms with Crippen LogP contribution >= 0.6 is 15.9 Å². The number of nitrogen functional groups attached to an aromatic ring is 1. The lowest BCUT2D eigenvalue weighted by atomic mass is 10.3. The van der Waals surface area contributed by atoms with Gasteiger partial charge in [0.15, 0.2) is 5.82 Å². The van der Waals surface area contributed by atoms with Crippen molar-refractivity contribution >= 4 is 31.6 Å². The first kappa shape index (κ1) is 14.0. The molecule has 0 bridgehead atoms. The highest BCUT2D eigenvalue weighted by atomic mass is 79.9. The third kappa shape index (κ3) is 3.43. The molecule has 1 aromatic rings. The molecule has 0 aliphatic carbocycles. The quantitative estimate of drug-likeness (QED) is 0.654. The van der Waals surface area contributed by atoms with Crippen LogP contribution in [0.1, 0.15) is 6.92 Å². The first-order valence-electron chi connectivity index (χ1n) is 4.52. The van der Waals surface area contributed by atoms with Crippen molar-refractivity contribution < 1.29 is 12.8 Å². The van der Waals surface area contributed by atoms with Crippen LogP contribution in [-0.2, 0) is 10.0 Å². The maximum Gasteiger partial charge on any atom is 0.244 e. The molecule has 0 spiro atoms. The molecular weight excluding hydrogens is 311 g/mol. The topological polar surface area (TPSA) is 72.2 Å². The monoisotopic (exact) mass is 320 g/mol. The third-order valence-electron chi connectivity index (χ3n) is 1.83. The fourth-order valence-electron chi connectivity index (χ4n) is 1.08. The van der Waals surface area contributed by atoms with Crippen molar-refractivity contribution in [2.45, 2.75) is 11.8 Å². The average molecular weight is 321 g/mol. The van der Waals surface area contributed by atoms with E-state index in [2.05, 4.69) is 32.5 Å². The average Bonchev–Trinajstić information content (AvgIpc) is 2.23. The van der Waals surface area contributed by atoms with Gasteiger partial charge in [0.1, 0.15) is 4.90 Å². The van der Waals surface area contributed by atoms with Crippen LogP contribution in [0.25, 0.3) is 0 Å². The molecule has 0 amide bonds. The van der Waals surface area contributed by atoms with Gasteiger partial charge >= 0.3 is 0 Å². The minimum atomic E-state index is -3.95. The van der Waals surface area contributed by atoms with Gasteiger partial charge in [0.05, 0.1) is 11.0 Å². The number of anilines is 1. The van der Waals surface area contributed by atoms with Gasteiger partial charge < -0.3 is 5.73 Å². The summed E-state index contributed by atoms with van der Waals surface area (Å²) in [7, 11) is -3.95. The normalized spacial score (nSPS) is 10.8. The number of rotatable bonds is 3. The van der Waals surface area contributed by atoms with Crippen LogP contribution in [0.15, 0.2) is 21.5 Å². The first-order valence-corrected chi connectivity index (χ1v) is 6.80. The van der Waals surface area contributed by atoms with E-state index in [1.165, 1.54) is 6.07 Å². The summed E-state index contributed by atoms with van der Waals surface area (Å²) in [5.41, 5.74) is 5.62. The van der Waals surface area contributed by atoms with Crippen LogP contribution in [0.4, 0.5) is 10.1 Å². The molecule has 0 heterocycles. The Morgan fingerprint density at radius 2 is 2.18 bits per heavy atom. The molecule has 0 atom stereocenters. The molecule has 7 heteroatoms. The molecule has 1 rings (SSSR count). The number of benzene rings is 1. The van der Waals surface area contributed by atoms with E-state index in [0.29, 0.717) is 0 Å². The van der Waals surface area contributed by atoms with Gasteiger partial charge in [0.25, 0.3) is 0 Å². The van der Waals surface area contributed by atoms with Crippen molar-refractivity contribution in [1.82, 2.24) is 4.72 Å². The zero-order valence-electron chi connectivity index (χ0n) is 8.92. The predicted octanol–water partition coefficient (Wildman–Crippen LogP) is 1.47. The molecule has 0 unspecified atom stereocenters. The second kappa shape index (κ2) is 5.49. The summed E-state index contributed by atoms with van der Waals surface area (Å²) in [4.78, 5) is -0.498. The summed E-state index contributed by atoms with van der Waals surface area (Å²) < 4.78 is 39.3. The second-order valence-corrected chi connectivity index (χ2v) is 5.66. The van der Waals surface area contributed by atoms with Crippen LogP contribution in [0.5, 0.6) is 0 Å². The van der Waals surface area contributed by atoms with Crippen molar-refractivity contribution in [3.05, 3.63) is 22.4 Å². The Labute approximate surface area is 108 Å². The fourth-order valence-corrected chi connectivity index (χ4v) is 2.74. The van der Waals surface area contributed by atoms with E-state index in [4.69, 9.17) is 5.73 Å². The fraction of sp³-hybridized carbons (Fsp3) is 0.200. The molecule has 0 aromatic heterocycles. The zero-order valence-corrected chi connectivity index (χ0v) is 11.3. The van der Waals surface area contributed by atoms with Gasteiger partial charge in [0, 0.05) is 5.69 Å². The molecule has 0 aliphatic heterocycles. The van der Waals surface area contributed by atoms with Crippen molar-refractivity contribution in [2.24, 2.45) is 0 Å². The van der Waals surface area contributed by atoms with Crippen molar-refractivity contribution in [3.63, 3.8) is 0 Å². The second-order valence-electron chi connectivity index (χ2n) is 3.07. The van der Waals surface area contributed by atoms with Crippen molar-refractivity contribution in [1.29, 1.82) is 0 Å². The summed E-state index contributed by atoms with van der Waals surface area (Å²) in [6, 6.07) is 2.35. The standard InChI is InChI=1S/C10H10BrFN2O2S/c1-2-3-4-14-17(15,16)9-6-7(13)5-8(11)10(9)12/h5-6,14H,4,13H2,1H3. The van der Waals surface area contributed by atoms with Crippen LogP contribution in [0, 0.1) is 17.7 Å². The number of hydrogen-bond acceptors (Lipinski definition) is 3. The van der Waals surface area contributed by atoms with E-state index in [-0.39, 0.29) is 16.7 Å². The minimum Gasteiger partial charge on any atom is -0.399 e. The highest BCUT2D eigenvalue weighted by Gasteiger charge is 2.20. The molecule has 1 aromatic carbocycles. The Balaban J connectivity index is 3.18. The Bertz CT molecular complexity index is 590. The number of sulfonamides is 1. The zero-order chi connectivity index (χ0) is 13.1. The molecule has 3 N–H and O–H groups in total. The van der Waals surface area contributed by atoms with Gasteiger partial charge in [-0.1, -0.05) is 5.92 Å². The van der Waals surface area contributed by atoms with Gasteiger partial charge in [-0.2, -0.15) is 4.72 Å². The van der Waals surface area contributed by atoms with Gasteiger partial charge in [-0.05, 0) is 35.0 Å². The summed E-state index contributed by atoms with van der Waals surface area (Å²) in [6.45, 7) is 1.50. The summed E-state index contributed by atoms with van der Waals surface area (Å²) >= 11 is 2.90. The van der Waals surface area contributed by atoms with Gasteiger partial charge in [-0.25, -0.2) is 12.8 Å². The van der Waals surface area contributed by atoms with Crippen LogP contribution < -0.4 is 10.5 Å². The van der Waals surface area contributed by atoms with Crippen molar-refractivity contribution in [3.8, 4) is 11.8 Å². The van der Waals surface area contributed by atoms with E-state index < -0.39 is 20.7 Å². The Morgan fingerprint density at radius 3 is 2.76 bits per heavy atom.